The molecular weight excluding hydrogens is 895 g/mol. The van der Waals surface area contributed by atoms with Gasteiger partial charge >= 0.3 is 0 Å². The van der Waals surface area contributed by atoms with E-state index < -0.39 is 18.2 Å². The number of rotatable bonds is 62. The van der Waals surface area contributed by atoms with E-state index in [-0.39, 0.29) is 12.5 Å². The molecule has 5 heteroatoms. The summed E-state index contributed by atoms with van der Waals surface area (Å²) >= 11 is 0. The van der Waals surface area contributed by atoms with Gasteiger partial charge < -0.3 is 20.6 Å². The van der Waals surface area contributed by atoms with Crippen molar-refractivity contribution in [2.45, 2.75) is 385 Å². The lowest BCUT2D eigenvalue weighted by Crippen LogP contribution is -2.50. The van der Waals surface area contributed by atoms with Gasteiger partial charge in [-0.15, -0.1) is 0 Å². The molecule has 0 aromatic heterocycles. The predicted octanol–water partition coefficient (Wildman–Crippen LogP) is 21.3. The monoisotopic (exact) mass is 1030 g/mol. The lowest BCUT2D eigenvalue weighted by atomic mass is 10.0. The van der Waals surface area contributed by atoms with Crippen molar-refractivity contribution in [1.82, 2.24) is 5.32 Å². The molecule has 1 amide bonds. The van der Waals surface area contributed by atoms with Gasteiger partial charge in [-0.2, -0.15) is 0 Å². The van der Waals surface area contributed by atoms with E-state index in [1.807, 2.05) is 0 Å². The molecular formula is C68H131NO4. The van der Waals surface area contributed by atoms with E-state index in [1.165, 1.54) is 295 Å². The zero-order valence-electron chi connectivity index (χ0n) is 49.5. The summed E-state index contributed by atoms with van der Waals surface area (Å²) in [5, 5.41) is 33.8. The zero-order chi connectivity index (χ0) is 52.9. The molecule has 0 bridgehead atoms. The summed E-state index contributed by atoms with van der Waals surface area (Å²) in [6.07, 6.45) is 83.6. The predicted molar refractivity (Wildman–Crippen MR) is 324 cm³/mol. The quantitative estimate of drug-likeness (QED) is 0.0361. The Hall–Kier alpha value is -1.43. The Labute approximate surface area is 457 Å². The molecule has 3 unspecified atom stereocenters. The van der Waals surface area contributed by atoms with Gasteiger partial charge in [-0.1, -0.05) is 320 Å². The number of hydrogen-bond donors (Lipinski definition) is 4. The number of nitrogens with one attached hydrogen (secondary N) is 1. The van der Waals surface area contributed by atoms with Gasteiger partial charge in [0.15, 0.2) is 0 Å². The number of carbonyl (C=O) groups is 1. The maximum absolute atomic E-state index is 12.6. The molecule has 432 valence electrons. The smallest absolute Gasteiger partial charge is 0.220 e. The highest BCUT2D eigenvalue weighted by Gasteiger charge is 2.26. The van der Waals surface area contributed by atoms with Crippen molar-refractivity contribution in [1.29, 1.82) is 0 Å². The second kappa shape index (κ2) is 63.1. The van der Waals surface area contributed by atoms with Crippen molar-refractivity contribution in [2.24, 2.45) is 0 Å². The van der Waals surface area contributed by atoms with Crippen LogP contribution in [0.3, 0.4) is 0 Å². The SMILES string of the molecule is CCCCCCCCCCCCCCC/C=C/CC/C=C/CCCC(O)C(O)C(CO)NC(=O)CCCCCCCCCCCCCCCCCCC/C=C\CCCCCCCCCCCCCCCCCC. The molecule has 0 spiro atoms. The third kappa shape index (κ3) is 58.1. The van der Waals surface area contributed by atoms with Crippen LogP contribution in [0.4, 0.5) is 0 Å². The van der Waals surface area contributed by atoms with Crippen LogP contribution >= 0.6 is 0 Å². The second-order valence-electron chi connectivity index (χ2n) is 23.0. The molecule has 3 atom stereocenters. The van der Waals surface area contributed by atoms with Crippen LogP contribution in [-0.2, 0) is 4.79 Å². The van der Waals surface area contributed by atoms with E-state index in [9.17, 15) is 20.1 Å². The summed E-state index contributed by atoms with van der Waals surface area (Å²) in [5.74, 6) is -0.152. The summed E-state index contributed by atoms with van der Waals surface area (Å²) in [6, 6.07) is -0.833. The number of unbranched alkanes of at least 4 members (excludes halogenated alkanes) is 48. The molecule has 4 N–H and O–H groups in total. The molecule has 0 aromatic rings. The minimum absolute atomic E-state index is 0.152. The summed E-state index contributed by atoms with van der Waals surface area (Å²) in [4.78, 5) is 12.6. The van der Waals surface area contributed by atoms with Crippen molar-refractivity contribution < 1.29 is 20.1 Å². The van der Waals surface area contributed by atoms with Gasteiger partial charge in [0.1, 0.15) is 6.10 Å². The van der Waals surface area contributed by atoms with Gasteiger partial charge in [0.05, 0.1) is 18.8 Å². The van der Waals surface area contributed by atoms with Gasteiger partial charge in [0, 0.05) is 6.42 Å². The molecule has 0 aliphatic carbocycles. The molecule has 0 aromatic carbocycles. The van der Waals surface area contributed by atoms with Crippen molar-refractivity contribution in [3.63, 3.8) is 0 Å². The van der Waals surface area contributed by atoms with Gasteiger partial charge in [0.2, 0.25) is 5.91 Å². The Morgan fingerprint density at radius 3 is 0.836 bits per heavy atom. The van der Waals surface area contributed by atoms with Crippen molar-refractivity contribution in [3.8, 4) is 0 Å². The summed E-state index contributed by atoms with van der Waals surface area (Å²) in [5.41, 5.74) is 0. The first-order valence-electron chi connectivity index (χ1n) is 33.3. The molecule has 0 radical (unpaired) electrons. The normalized spacial score (nSPS) is 13.3. The minimum Gasteiger partial charge on any atom is -0.394 e. The molecule has 0 aliphatic rings. The van der Waals surface area contributed by atoms with E-state index in [1.54, 1.807) is 0 Å². The first-order chi connectivity index (χ1) is 36.1. The standard InChI is InChI=1S/C68H131NO4/c1-3-5-7-9-11-13-15-17-19-21-23-25-27-28-29-30-31-32-33-34-35-36-37-38-39-40-41-43-45-47-49-51-53-55-57-59-61-63-67(72)69-65(64-70)68(73)66(71)62-60-58-56-54-52-50-48-46-44-42-26-24-22-20-18-16-14-12-10-8-6-4-2/h32-33,46,48,54,56,65-66,68,70-71,73H,3-31,34-45,47,49-53,55,57-64H2,1-2H3,(H,69,72)/b33-32-,48-46+,56-54+. The first-order valence-corrected chi connectivity index (χ1v) is 33.3. The number of carbonyl (C=O) groups excluding carboxylic acids is 1. The second-order valence-corrected chi connectivity index (χ2v) is 23.0. The summed E-state index contributed by atoms with van der Waals surface area (Å²) in [7, 11) is 0. The number of amides is 1. The average Bonchev–Trinajstić information content (AvgIpc) is 3.40. The molecule has 0 aliphatic heterocycles. The van der Waals surface area contributed by atoms with E-state index in [2.05, 4.69) is 55.6 Å². The van der Waals surface area contributed by atoms with Crippen LogP contribution in [0.25, 0.3) is 0 Å². The first kappa shape index (κ1) is 71.6. The topological polar surface area (TPSA) is 89.8 Å². The third-order valence-corrected chi connectivity index (χ3v) is 15.7. The number of hydrogen-bond acceptors (Lipinski definition) is 4. The Morgan fingerprint density at radius 2 is 0.562 bits per heavy atom. The van der Waals surface area contributed by atoms with Gasteiger partial charge in [0.25, 0.3) is 0 Å². The molecule has 0 heterocycles. The Balaban J connectivity index is 3.49. The fourth-order valence-corrected chi connectivity index (χ4v) is 10.6. The number of allylic oxidation sites excluding steroid dienone is 6. The molecule has 73 heavy (non-hydrogen) atoms. The molecule has 0 rings (SSSR count). The van der Waals surface area contributed by atoms with Gasteiger partial charge in [-0.3, -0.25) is 4.79 Å². The van der Waals surface area contributed by atoms with Crippen LogP contribution in [0.2, 0.25) is 0 Å². The van der Waals surface area contributed by atoms with Crippen LogP contribution in [0, 0.1) is 0 Å². The molecule has 0 fully saturated rings. The van der Waals surface area contributed by atoms with Crippen molar-refractivity contribution in [2.75, 3.05) is 6.61 Å². The largest absolute Gasteiger partial charge is 0.394 e. The van der Waals surface area contributed by atoms with E-state index in [4.69, 9.17) is 0 Å². The van der Waals surface area contributed by atoms with Crippen molar-refractivity contribution >= 4 is 5.91 Å². The average molecular weight is 1030 g/mol. The highest BCUT2D eigenvalue weighted by Crippen LogP contribution is 2.18. The molecule has 0 saturated carbocycles. The minimum atomic E-state index is -1.17. The Morgan fingerprint density at radius 1 is 0.329 bits per heavy atom. The third-order valence-electron chi connectivity index (χ3n) is 15.7. The Kier molecular flexibility index (Phi) is 61.9. The Bertz CT molecular complexity index is 1130. The van der Waals surface area contributed by atoms with Crippen LogP contribution in [0.1, 0.15) is 367 Å². The highest BCUT2D eigenvalue weighted by atomic mass is 16.3. The van der Waals surface area contributed by atoms with E-state index in [0.717, 1.165) is 44.9 Å². The number of aliphatic hydroxyl groups excluding tert-OH is 3. The van der Waals surface area contributed by atoms with Crippen molar-refractivity contribution in [3.05, 3.63) is 36.5 Å². The molecule has 5 nitrogen and oxygen atoms in total. The van der Waals surface area contributed by atoms with Crippen LogP contribution in [-0.4, -0.2) is 46.1 Å². The number of aliphatic hydroxyl groups is 3. The van der Waals surface area contributed by atoms with Crippen LogP contribution in [0.15, 0.2) is 36.5 Å². The maximum Gasteiger partial charge on any atom is 0.220 e. The fraction of sp³-hybridized carbons (Fsp3) is 0.897. The highest BCUT2D eigenvalue weighted by molar-refractivity contribution is 5.76. The van der Waals surface area contributed by atoms with Crippen LogP contribution < -0.4 is 5.32 Å². The maximum atomic E-state index is 12.6. The fourth-order valence-electron chi connectivity index (χ4n) is 10.6. The van der Waals surface area contributed by atoms with Crippen LogP contribution in [0.5, 0.6) is 0 Å². The lowest BCUT2D eigenvalue weighted by Gasteiger charge is -2.26. The lowest BCUT2D eigenvalue weighted by molar-refractivity contribution is -0.124. The van der Waals surface area contributed by atoms with E-state index in [0.29, 0.717) is 12.8 Å². The molecule has 0 saturated heterocycles. The van der Waals surface area contributed by atoms with Gasteiger partial charge in [-0.25, -0.2) is 0 Å². The zero-order valence-corrected chi connectivity index (χ0v) is 49.5. The summed E-state index contributed by atoms with van der Waals surface area (Å²) in [6.45, 7) is 4.21. The van der Waals surface area contributed by atoms with Gasteiger partial charge in [-0.05, 0) is 77.0 Å². The van der Waals surface area contributed by atoms with E-state index >= 15 is 0 Å². The summed E-state index contributed by atoms with van der Waals surface area (Å²) < 4.78 is 0.